The van der Waals surface area contributed by atoms with Gasteiger partial charge in [-0.1, -0.05) is 35.6 Å². The summed E-state index contributed by atoms with van der Waals surface area (Å²) >= 11 is 1.47. The number of hydrogen-bond donors (Lipinski definition) is 2. The molecule has 0 spiro atoms. The number of fused-ring (bicyclic) bond motifs is 1. The predicted octanol–water partition coefficient (Wildman–Crippen LogP) is 3.16. The van der Waals surface area contributed by atoms with Crippen LogP contribution in [0.15, 0.2) is 53.3 Å². The van der Waals surface area contributed by atoms with Crippen LogP contribution in [0.3, 0.4) is 0 Å². The molecule has 7 heteroatoms. The summed E-state index contributed by atoms with van der Waals surface area (Å²) in [6, 6.07) is 11.5. The molecule has 0 unspecified atom stereocenters. The summed E-state index contributed by atoms with van der Waals surface area (Å²) in [4.78, 5) is 5.21. The van der Waals surface area contributed by atoms with E-state index in [1.165, 1.54) is 11.3 Å². The van der Waals surface area contributed by atoms with Gasteiger partial charge < -0.3 is 14.8 Å². The van der Waals surface area contributed by atoms with Gasteiger partial charge in [0, 0.05) is 5.56 Å². The molecule has 0 radical (unpaired) electrons. The van der Waals surface area contributed by atoms with Crippen LogP contribution in [-0.2, 0) is 13.2 Å². The van der Waals surface area contributed by atoms with Gasteiger partial charge in [-0.25, -0.2) is 9.50 Å². The van der Waals surface area contributed by atoms with Gasteiger partial charge in [0.15, 0.2) is 0 Å². The van der Waals surface area contributed by atoms with Crippen molar-refractivity contribution >= 4 is 21.4 Å². The highest BCUT2D eigenvalue weighted by Gasteiger charge is 2.13. The Morgan fingerprint density at radius 2 is 2.13 bits per heavy atom. The first kappa shape index (κ1) is 14.0. The van der Waals surface area contributed by atoms with Crippen molar-refractivity contribution in [3.05, 3.63) is 60.2 Å². The number of nitrogens with zero attached hydrogens (tertiary/aromatic N) is 3. The molecule has 4 rings (SSSR count). The predicted molar refractivity (Wildman–Crippen MR) is 88.3 cm³/mol. The lowest BCUT2D eigenvalue weighted by molar-refractivity contribution is 0.282. The summed E-state index contributed by atoms with van der Waals surface area (Å²) in [6.45, 7) is 0.559. The van der Waals surface area contributed by atoms with Gasteiger partial charge in [-0.2, -0.15) is 0 Å². The summed E-state index contributed by atoms with van der Waals surface area (Å²) in [6.07, 6.45) is 3.43. The molecule has 0 bridgehead atoms. The zero-order chi connectivity index (χ0) is 15.6. The first-order valence-electron chi connectivity index (χ1n) is 7.15. The second-order valence-electron chi connectivity index (χ2n) is 4.99. The molecule has 0 saturated carbocycles. The first-order chi connectivity index (χ1) is 11.3. The van der Waals surface area contributed by atoms with Crippen LogP contribution in [0.1, 0.15) is 11.3 Å². The minimum atomic E-state index is -0.0167. The molecule has 3 aromatic heterocycles. The van der Waals surface area contributed by atoms with Crippen molar-refractivity contribution in [2.45, 2.75) is 13.2 Å². The number of hydrogen-bond acceptors (Lipinski definition) is 6. The maximum absolute atomic E-state index is 9.51. The van der Waals surface area contributed by atoms with Gasteiger partial charge in [0.1, 0.15) is 5.76 Å². The number of aliphatic hydroxyl groups excluding tert-OH is 1. The summed E-state index contributed by atoms with van der Waals surface area (Å²) in [7, 11) is 0. The maximum atomic E-state index is 9.51. The highest BCUT2D eigenvalue weighted by molar-refractivity contribution is 7.20. The highest BCUT2D eigenvalue weighted by atomic mass is 32.1. The topological polar surface area (TPSA) is 75.6 Å². The SMILES string of the molecule is OCc1ccccc1-c1cnc2sc(NCc3ccco3)nn12. The largest absolute Gasteiger partial charge is 0.467 e. The summed E-state index contributed by atoms with van der Waals surface area (Å²) in [5.41, 5.74) is 2.66. The van der Waals surface area contributed by atoms with Crippen LogP contribution in [0.4, 0.5) is 5.13 Å². The maximum Gasteiger partial charge on any atom is 0.214 e. The van der Waals surface area contributed by atoms with Crippen LogP contribution < -0.4 is 5.32 Å². The quantitative estimate of drug-likeness (QED) is 0.589. The molecule has 116 valence electrons. The highest BCUT2D eigenvalue weighted by Crippen LogP contribution is 2.28. The van der Waals surface area contributed by atoms with Crippen molar-refractivity contribution in [1.82, 2.24) is 14.6 Å². The molecule has 0 aliphatic heterocycles. The van der Waals surface area contributed by atoms with Crippen molar-refractivity contribution in [3.63, 3.8) is 0 Å². The van der Waals surface area contributed by atoms with E-state index in [0.29, 0.717) is 6.54 Å². The summed E-state index contributed by atoms with van der Waals surface area (Å²) in [5.74, 6) is 0.851. The van der Waals surface area contributed by atoms with Crippen molar-refractivity contribution < 1.29 is 9.52 Å². The smallest absolute Gasteiger partial charge is 0.214 e. The van der Waals surface area contributed by atoms with E-state index in [1.54, 1.807) is 17.0 Å². The van der Waals surface area contributed by atoms with E-state index in [4.69, 9.17) is 4.42 Å². The molecule has 0 fully saturated rings. The standard InChI is InChI=1S/C16H14N4O2S/c21-10-11-4-1-2-6-13(11)14-9-18-16-20(14)19-15(23-16)17-8-12-5-3-7-22-12/h1-7,9,21H,8,10H2,(H,17,19). The van der Waals surface area contributed by atoms with E-state index >= 15 is 0 Å². The fraction of sp³-hybridized carbons (Fsp3) is 0.125. The zero-order valence-corrected chi connectivity index (χ0v) is 13.0. The van der Waals surface area contributed by atoms with Gasteiger partial charge in [-0.3, -0.25) is 0 Å². The Morgan fingerprint density at radius 3 is 2.96 bits per heavy atom. The number of imidazole rings is 1. The van der Waals surface area contributed by atoms with Gasteiger partial charge >= 0.3 is 0 Å². The summed E-state index contributed by atoms with van der Waals surface area (Å²) in [5, 5.41) is 18.1. The molecule has 2 N–H and O–H groups in total. The average Bonchev–Trinajstić information content (AvgIpc) is 3.29. The number of aliphatic hydroxyl groups is 1. The lowest BCUT2D eigenvalue weighted by Gasteiger charge is -2.04. The van der Waals surface area contributed by atoms with Crippen LogP contribution in [0, 0.1) is 0 Å². The van der Waals surface area contributed by atoms with Crippen LogP contribution in [0.2, 0.25) is 0 Å². The molecular weight excluding hydrogens is 312 g/mol. The molecule has 6 nitrogen and oxygen atoms in total. The number of rotatable bonds is 5. The second kappa shape index (κ2) is 5.86. The van der Waals surface area contributed by atoms with Crippen molar-refractivity contribution in [3.8, 4) is 11.3 Å². The average molecular weight is 326 g/mol. The van der Waals surface area contributed by atoms with E-state index in [1.807, 2.05) is 36.4 Å². The van der Waals surface area contributed by atoms with Crippen LogP contribution in [0.5, 0.6) is 0 Å². The Kier molecular flexibility index (Phi) is 3.57. The van der Waals surface area contributed by atoms with Crippen LogP contribution >= 0.6 is 11.3 Å². The van der Waals surface area contributed by atoms with Crippen LogP contribution in [0.25, 0.3) is 16.2 Å². The normalized spacial score (nSPS) is 11.2. The number of nitrogens with one attached hydrogen (secondary N) is 1. The molecular formula is C16H14N4O2S. The number of aromatic nitrogens is 3. The molecule has 3 heterocycles. The molecule has 23 heavy (non-hydrogen) atoms. The molecule has 0 amide bonds. The second-order valence-corrected chi connectivity index (χ2v) is 5.95. The minimum absolute atomic E-state index is 0.0167. The van der Waals surface area contributed by atoms with Gasteiger partial charge in [0.05, 0.1) is 31.3 Å². The van der Waals surface area contributed by atoms with Gasteiger partial charge in [0.2, 0.25) is 10.1 Å². The molecule has 0 aliphatic rings. The van der Waals surface area contributed by atoms with E-state index in [9.17, 15) is 5.11 Å². The van der Waals surface area contributed by atoms with E-state index < -0.39 is 0 Å². The third kappa shape index (κ3) is 2.60. The van der Waals surface area contributed by atoms with E-state index in [0.717, 1.165) is 32.7 Å². The Morgan fingerprint density at radius 1 is 1.22 bits per heavy atom. The monoisotopic (exact) mass is 326 g/mol. The third-order valence-electron chi connectivity index (χ3n) is 3.54. The Balaban J connectivity index is 1.66. The lowest BCUT2D eigenvalue weighted by atomic mass is 10.1. The number of anilines is 1. The number of benzene rings is 1. The lowest BCUT2D eigenvalue weighted by Crippen LogP contribution is -1.99. The van der Waals surface area contributed by atoms with Crippen molar-refractivity contribution in [1.29, 1.82) is 0 Å². The zero-order valence-electron chi connectivity index (χ0n) is 12.1. The van der Waals surface area contributed by atoms with Gasteiger partial charge in [-0.15, -0.1) is 5.10 Å². The number of furan rings is 1. The Bertz CT molecular complexity index is 927. The molecule has 0 saturated heterocycles. The van der Waals surface area contributed by atoms with Gasteiger partial charge in [0.25, 0.3) is 0 Å². The Hall–Kier alpha value is -2.64. The molecule has 1 aromatic carbocycles. The fourth-order valence-corrected chi connectivity index (χ4v) is 3.20. The van der Waals surface area contributed by atoms with Gasteiger partial charge in [-0.05, 0) is 17.7 Å². The molecule has 4 aromatic rings. The minimum Gasteiger partial charge on any atom is -0.467 e. The Labute approximate surface area is 136 Å². The third-order valence-corrected chi connectivity index (χ3v) is 4.42. The summed E-state index contributed by atoms with van der Waals surface area (Å²) < 4.78 is 7.09. The van der Waals surface area contributed by atoms with Crippen LogP contribution in [-0.4, -0.2) is 19.7 Å². The first-order valence-corrected chi connectivity index (χ1v) is 7.97. The van der Waals surface area contributed by atoms with E-state index in [-0.39, 0.29) is 6.61 Å². The molecule has 0 atom stereocenters. The molecule has 0 aliphatic carbocycles. The van der Waals surface area contributed by atoms with E-state index in [2.05, 4.69) is 15.4 Å². The fourth-order valence-electron chi connectivity index (χ4n) is 2.43. The van der Waals surface area contributed by atoms with Crippen molar-refractivity contribution in [2.75, 3.05) is 5.32 Å². The van der Waals surface area contributed by atoms with Crippen molar-refractivity contribution in [2.24, 2.45) is 0 Å².